The van der Waals surface area contributed by atoms with Crippen LogP contribution < -0.4 is 5.32 Å². The van der Waals surface area contributed by atoms with Gasteiger partial charge in [0.15, 0.2) is 0 Å². The minimum atomic E-state index is -3.78. The number of nitrogens with one attached hydrogen (secondary N) is 1. The van der Waals surface area contributed by atoms with Crippen molar-refractivity contribution in [3.8, 4) is 0 Å². The molecule has 7 heteroatoms. The normalized spacial score (nSPS) is 13.3. The van der Waals surface area contributed by atoms with E-state index in [2.05, 4.69) is 12.2 Å². The number of carbonyl (C=O) groups excluding carboxylic acids is 1. The van der Waals surface area contributed by atoms with E-state index >= 15 is 0 Å². The molecule has 0 spiro atoms. The van der Waals surface area contributed by atoms with Crippen LogP contribution in [-0.4, -0.2) is 20.4 Å². The molecule has 0 aliphatic rings. The Labute approximate surface area is 122 Å². The van der Waals surface area contributed by atoms with Crippen LogP contribution in [0, 0.1) is 6.92 Å². The number of rotatable bonds is 6. The molecule has 1 aromatic rings. The first-order valence-electron chi connectivity index (χ1n) is 6.11. The number of hydrogen-bond acceptors (Lipinski definition) is 4. The van der Waals surface area contributed by atoms with Gasteiger partial charge in [0.05, 0.1) is 5.56 Å². The summed E-state index contributed by atoms with van der Waals surface area (Å²) in [6.45, 7) is 5.63. The summed E-state index contributed by atoms with van der Waals surface area (Å²) in [7, 11) is 1.53. The fraction of sp³-hybridized carbons (Fsp3) is 0.583. The van der Waals surface area contributed by atoms with E-state index in [9.17, 15) is 13.2 Å². The van der Waals surface area contributed by atoms with Crippen LogP contribution in [0.2, 0.25) is 0 Å². The zero-order valence-electron chi connectivity index (χ0n) is 11.2. The highest BCUT2D eigenvalue weighted by Gasteiger charge is 2.22. The topological polar surface area (TPSA) is 63.2 Å². The lowest BCUT2D eigenvalue weighted by Crippen LogP contribution is -2.32. The Hall–Kier alpha value is -0.590. The standard InChI is InChI=1S/C12H18ClNO3S2/c1-4-5-6-8(2)14-11(15)10-7-18-12(9(10)3)19(13,16)17/h7-8H,4-6H2,1-3H3,(H,14,15). The van der Waals surface area contributed by atoms with Gasteiger partial charge in [-0.05, 0) is 25.8 Å². The van der Waals surface area contributed by atoms with E-state index in [1.165, 1.54) is 5.38 Å². The second kappa shape index (κ2) is 6.72. The van der Waals surface area contributed by atoms with Crippen molar-refractivity contribution >= 4 is 37.0 Å². The van der Waals surface area contributed by atoms with Crippen LogP contribution in [-0.2, 0) is 9.05 Å². The molecule has 1 heterocycles. The number of unbranched alkanes of at least 4 members (excludes halogenated alkanes) is 1. The third-order valence-corrected chi connectivity index (χ3v) is 6.14. The highest BCUT2D eigenvalue weighted by molar-refractivity contribution is 8.15. The zero-order chi connectivity index (χ0) is 14.6. The number of halogens is 1. The van der Waals surface area contributed by atoms with Gasteiger partial charge < -0.3 is 5.32 Å². The monoisotopic (exact) mass is 323 g/mol. The summed E-state index contributed by atoms with van der Waals surface area (Å²) in [6, 6.07) is 0.0720. The lowest BCUT2D eigenvalue weighted by molar-refractivity contribution is 0.0937. The predicted octanol–water partition coefficient (Wildman–Crippen LogP) is 3.29. The first-order valence-corrected chi connectivity index (χ1v) is 9.29. The largest absolute Gasteiger partial charge is 0.350 e. The first kappa shape index (κ1) is 16.5. The Morgan fingerprint density at radius 1 is 1.53 bits per heavy atom. The van der Waals surface area contributed by atoms with Gasteiger partial charge in [-0.2, -0.15) is 0 Å². The highest BCUT2D eigenvalue weighted by atomic mass is 35.7. The molecule has 1 atom stereocenters. The summed E-state index contributed by atoms with van der Waals surface area (Å²) in [6.07, 6.45) is 3.03. The molecule has 1 N–H and O–H groups in total. The molecule has 108 valence electrons. The van der Waals surface area contributed by atoms with Gasteiger partial charge in [0.2, 0.25) is 0 Å². The van der Waals surface area contributed by atoms with E-state index in [-0.39, 0.29) is 16.2 Å². The molecular weight excluding hydrogens is 306 g/mol. The molecule has 0 saturated heterocycles. The van der Waals surface area contributed by atoms with Crippen molar-refractivity contribution in [1.29, 1.82) is 0 Å². The number of carbonyl (C=O) groups is 1. The van der Waals surface area contributed by atoms with Crippen LogP contribution in [0.3, 0.4) is 0 Å². The van der Waals surface area contributed by atoms with Gasteiger partial charge in [0.1, 0.15) is 4.21 Å². The molecule has 0 saturated carbocycles. The van der Waals surface area contributed by atoms with Gasteiger partial charge in [-0.25, -0.2) is 8.42 Å². The molecule has 4 nitrogen and oxygen atoms in total. The molecule has 0 aliphatic heterocycles. The predicted molar refractivity (Wildman–Crippen MR) is 78.5 cm³/mol. The van der Waals surface area contributed by atoms with Gasteiger partial charge in [0, 0.05) is 22.1 Å². The molecule has 1 aromatic heterocycles. The van der Waals surface area contributed by atoms with Crippen molar-refractivity contribution in [2.24, 2.45) is 0 Å². The smallest absolute Gasteiger partial charge is 0.271 e. The van der Waals surface area contributed by atoms with Crippen LogP contribution in [0.1, 0.15) is 49.0 Å². The van der Waals surface area contributed by atoms with E-state index in [0.29, 0.717) is 11.1 Å². The molecule has 1 amide bonds. The lowest BCUT2D eigenvalue weighted by atomic mass is 10.1. The SMILES string of the molecule is CCCCC(C)NC(=O)c1csc(S(=O)(=O)Cl)c1C. The Morgan fingerprint density at radius 3 is 2.63 bits per heavy atom. The molecule has 0 fully saturated rings. The molecule has 0 radical (unpaired) electrons. The van der Waals surface area contributed by atoms with Gasteiger partial charge in [-0.1, -0.05) is 19.8 Å². The highest BCUT2D eigenvalue weighted by Crippen LogP contribution is 2.29. The Bertz CT molecular complexity index is 551. The average molecular weight is 324 g/mol. The summed E-state index contributed by atoms with van der Waals surface area (Å²) in [4.78, 5) is 12.0. The number of hydrogen-bond donors (Lipinski definition) is 1. The van der Waals surface area contributed by atoms with E-state index in [1.807, 2.05) is 6.92 Å². The third kappa shape index (κ3) is 4.47. The Balaban J connectivity index is 2.82. The lowest BCUT2D eigenvalue weighted by Gasteiger charge is -2.13. The minimum Gasteiger partial charge on any atom is -0.350 e. The molecule has 0 aliphatic carbocycles. The van der Waals surface area contributed by atoms with Crippen molar-refractivity contribution in [1.82, 2.24) is 5.32 Å². The third-order valence-electron chi connectivity index (χ3n) is 2.83. The zero-order valence-corrected chi connectivity index (χ0v) is 13.6. The van der Waals surface area contributed by atoms with Crippen molar-refractivity contribution in [3.63, 3.8) is 0 Å². The average Bonchev–Trinajstić information content (AvgIpc) is 2.68. The number of amides is 1. The van der Waals surface area contributed by atoms with E-state index < -0.39 is 9.05 Å². The van der Waals surface area contributed by atoms with Crippen molar-refractivity contribution in [2.45, 2.75) is 50.3 Å². The van der Waals surface area contributed by atoms with Gasteiger partial charge >= 0.3 is 0 Å². The van der Waals surface area contributed by atoms with Crippen molar-refractivity contribution in [3.05, 3.63) is 16.5 Å². The van der Waals surface area contributed by atoms with Crippen LogP contribution in [0.5, 0.6) is 0 Å². The van der Waals surface area contributed by atoms with Crippen LogP contribution in [0.25, 0.3) is 0 Å². The van der Waals surface area contributed by atoms with Gasteiger partial charge in [-0.3, -0.25) is 4.79 Å². The summed E-state index contributed by atoms with van der Waals surface area (Å²) < 4.78 is 22.6. The molecule has 1 unspecified atom stereocenters. The maximum atomic E-state index is 12.0. The van der Waals surface area contributed by atoms with E-state index in [0.717, 1.165) is 30.6 Å². The maximum Gasteiger partial charge on any atom is 0.271 e. The van der Waals surface area contributed by atoms with Gasteiger partial charge in [-0.15, -0.1) is 11.3 Å². The van der Waals surface area contributed by atoms with Crippen LogP contribution in [0.15, 0.2) is 9.59 Å². The molecule has 19 heavy (non-hydrogen) atoms. The first-order chi connectivity index (χ1) is 8.77. The molecule has 0 aromatic carbocycles. The maximum absolute atomic E-state index is 12.0. The summed E-state index contributed by atoms with van der Waals surface area (Å²) >= 11 is 0.976. The summed E-state index contributed by atoms with van der Waals surface area (Å²) in [5.41, 5.74) is 0.799. The molecule has 1 rings (SSSR count). The fourth-order valence-electron chi connectivity index (χ4n) is 1.75. The molecular formula is C12H18ClNO3S2. The van der Waals surface area contributed by atoms with Gasteiger partial charge in [0.25, 0.3) is 15.0 Å². The van der Waals surface area contributed by atoms with Crippen LogP contribution in [0.4, 0.5) is 0 Å². The van der Waals surface area contributed by atoms with E-state index in [4.69, 9.17) is 10.7 Å². The van der Waals surface area contributed by atoms with Crippen molar-refractivity contribution in [2.75, 3.05) is 0 Å². The number of thiophene rings is 1. The quantitative estimate of drug-likeness (QED) is 0.817. The Kier molecular flexibility index (Phi) is 5.82. The summed E-state index contributed by atoms with van der Waals surface area (Å²) in [5.74, 6) is -0.246. The molecule has 0 bridgehead atoms. The van der Waals surface area contributed by atoms with Crippen molar-refractivity contribution < 1.29 is 13.2 Å². The second-order valence-electron chi connectivity index (χ2n) is 4.52. The van der Waals surface area contributed by atoms with Crippen LogP contribution >= 0.6 is 22.0 Å². The minimum absolute atomic E-state index is 0.0422. The Morgan fingerprint density at radius 2 is 2.16 bits per heavy atom. The summed E-state index contributed by atoms with van der Waals surface area (Å²) in [5, 5.41) is 4.40. The fourth-order valence-corrected chi connectivity index (χ4v) is 4.30. The van der Waals surface area contributed by atoms with E-state index in [1.54, 1.807) is 6.92 Å². The second-order valence-corrected chi connectivity index (χ2v) is 8.16.